The Labute approximate surface area is 115 Å². The van der Waals surface area contributed by atoms with Gasteiger partial charge in [0.1, 0.15) is 0 Å². The number of aromatic nitrogens is 1. The van der Waals surface area contributed by atoms with Gasteiger partial charge >= 0.3 is 0 Å². The summed E-state index contributed by atoms with van der Waals surface area (Å²) in [6.45, 7) is 0. The Balaban J connectivity index is 1.64. The molecule has 2 rings (SSSR count). The van der Waals surface area contributed by atoms with Gasteiger partial charge in [-0.2, -0.15) is 0 Å². The minimum Gasteiger partial charge on any atom is -0.393 e. The predicted molar refractivity (Wildman–Crippen MR) is 77.9 cm³/mol. The summed E-state index contributed by atoms with van der Waals surface area (Å²) in [5.74, 6) is 0. The molecule has 1 atom stereocenters. The highest BCUT2D eigenvalue weighted by molar-refractivity contribution is 5.14. The number of pyridine rings is 1. The molecule has 0 amide bonds. The second-order valence-corrected chi connectivity index (χ2v) is 4.93. The van der Waals surface area contributed by atoms with Gasteiger partial charge < -0.3 is 5.11 Å². The van der Waals surface area contributed by atoms with Crippen LogP contribution in [0.2, 0.25) is 0 Å². The largest absolute Gasteiger partial charge is 0.393 e. The van der Waals surface area contributed by atoms with Crippen LogP contribution in [-0.4, -0.2) is 16.2 Å². The van der Waals surface area contributed by atoms with Crippen LogP contribution >= 0.6 is 0 Å². The van der Waals surface area contributed by atoms with E-state index in [2.05, 4.69) is 29.2 Å². The quantitative estimate of drug-likeness (QED) is 0.822. The third-order valence-electron chi connectivity index (χ3n) is 3.36. The lowest BCUT2D eigenvalue weighted by molar-refractivity contribution is 0.152. The van der Waals surface area contributed by atoms with E-state index in [1.165, 1.54) is 11.1 Å². The molecule has 2 nitrogen and oxygen atoms in total. The van der Waals surface area contributed by atoms with E-state index >= 15 is 0 Å². The van der Waals surface area contributed by atoms with Crippen molar-refractivity contribution in [1.29, 1.82) is 0 Å². The van der Waals surface area contributed by atoms with E-state index in [0.717, 1.165) is 32.1 Å². The van der Waals surface area contributed by atoms with Crippen LogP contribution < -0.4 is 0 Å². The molecule has 0 saturated carbocycles. The van der Waals surface area contributed by atoms with Crippen LogP contribution in [0.4, 0.5) is 0 Å². The average Bonchev–Trinajstić information content (AvgIpc) is 2.47. The number of nitrogens with zero attached hydrogens (tertiary/aromatic N) is 1. The molecule has 0 saturated heterocycles. The zero-order valence-corrected chi connectivity index (χ0v) is 11.2. The summed E-state index contributed by atoms with van der Waals surface area (Å²) in [5, 5.41) is 9.97. The molecule has 0 spiro atoms. The van der Waals surface area contributed by atoms with E-state index in [-0.39, 0.29) is 6.10 Å². The minimum atomic E-state index is -0.197. The summed E-state index contributed by atoms with van der Waals surface area (Å²) < 4.78 is 0. The molecule has 1 aromatic carbocycles. The summed E-state index contributed by atoms with van der Waals surface area (Å²) in [5.41, 5.74) is 2.60. The highest BCUT2D eigenvalue weighted by atomic mass is 16.3. The van der Waals surface area contributed by atoms with Crippen LogP contribution in [0.3, 0.4) is 0 Å². The Kier molecular flexibility index (Phi) is 5.57. The zero-order valence-electron chi connectivity index (χ0n) is 11.2. The lowest BCUT2D eigenvalue weighted by Crippen LogP contribution is -2.08. The fourth-order valence-corrected chi connectivity index (χ4v) is 2.21. The zero-order chi connectivity index (χ0) is 13.3. The van der Waals surface area contributed by atoms with Gasteiger partial charge in [-0.05, 0) is 55.4 Å². The minimum absolute atomic E-state index is 0.197. The molecule has 1 aromatic heterocycles. The lowest BCUT2D eigenvalue weighted by Gasteiger charge is -2.10. The van der Waals surface area contributed by atoms with E-state index in [1.807, 2.05) is 18.2 Å². The topological polar surface area (TPSA) is 33.1 Å². The van der Waals surface area contributed by atoms with Crippen molar-refractivity contribution < 1.29 is 5.11 Å². The predicted octanol–water partition coefficient (Wildman–Crippen LogP) is 3.40. The Bertz CT molecular complexity index is 455. The first kappa shape index (κ1) is 13.8. The number of aliphatic hydroxyl groups is 1. The van der Waals surface area contributed by atoms with Gasteiger partial charge in [-0.15, -0.1) is 0 Å². The number of hydrogen-bond donors (Lipinski definition) is 1. The van der Waals surface area contributed by atoms with Crippen LogP contribution in [0.15, 0.2) is 54.9 Å². The SMILES string of the molecule is OC(CCCc1ccccc1)CCc1ccncc1. The van der Waals surface area contributed by atoms with Crippen LogP contribution in [0.25, 0.3) is 0 Å². The van der Waals surface area contributed by atoms with E-state index in [4.69, 9.17) is 0 Å². The molecule has 2 aromatic rings. The van der Waals surface area contributed by atoms with Crippen LogP contribution in [0.5, 0.6) is 0 Å². The molecule has 2 heteroatoms. The van der Waals surface area contributed by atoms with Crippen LogP contribution in [0.1, 0.15) is 30.4 Å². The lowest BCUT2D eigenvalue weighted by atomic mass is 10.0. The van der Waals surface area contributed by atoms with Crippen molar-refractivity contribution in [3.8, 4) is 0 Å². The van der Waals surface area contributed by atoms with Crippen LogP contribution in [0, 0.1) is 0 Å². The summed E-state index contributed by atoms with van der Waals surface area (Å²) in [6.07, 6.45) is 8.13. The molecule has 0 bridgehead atoms. The van der Waals surface area contributed by atoms with Gasteiger partial charge in [-0.3, -0.25) is 4.98 Å². The molecule has 0 aliphatic heterocycles. The van der Waals surface area contributed by atoms with Gasteiger partial charge in [0.2, 0.25) is 0 Å². The molecule has 1 N–H and O–H groups in total. The highest BCUT2D eigenvalue weighted by Crippen LogP contribution is 2.11. The molecule has 1 unspecified atom stereocenters. The molecule has 1 heterocycles. The second-order valence-electron chi connectivity index (χ2n) is 4.93. The molecular formula is C17H21NO. The van der Waals surface area contributed by atoms with Crippen molar-refractivity contribution in [1.82, 2.24) is 4.98 Å². The van der Waals surface area contributed by atoms with Crippen molar-refractivity contribution in [3.63, 3.8) is 0 Å². The van der Waals surface area contributed by atoms with Crippen molar-refractivity contribution in [2.24, 2.45) is 0 Å². The molecule has 0 aliphatic carbocycles. The number of hydrogen-bond acceptors (Lipinski definition) is 2. The molecule has 0 fully saturated rings. The fraction of sp³-hybridized carbons (Fsp3) is 0.353. The van der Waals surface area contributed by atoms with Crippen LogP contribution in [-0.2, 0) is 12.8 Å². The summed E-state index contributed by atoms with van der Waals surface area (Å²) in [6, 6.07) is 14.5. The monoisotopic (exact) mass is 255 g/mol. The van der Waals surface area contributed by atoms with Crippen molar-refractivity contribution in [2.45, 2.75) is 38.2 Å². The standard InChI is InChI=1S/C17H21NO/c19-17(10-9-16-11-13-18-14-12-16)8-4-7-15-5-2-1-3-6-15/h1-3,5-6,11-14,17,19H,4,7-10H2. The van der Waals surface area contributed by atoms with Crippen molar-refractivity contribution >= 4 is 0 Å². The van der Waals surface area contributed by atoms with Crippen molar-refractivity contribution in [2.75, 3.05) is 0 Å². The summed E-state index contributed by atoms with van der Waals surface area (Å²) >= 11 is 0. The van der Waals surface area contributed by atoms with Gasteiger partial charge in [0, 0.05) is 12.4 Å². The number of rotatable bonds is 7. The van der Waals surface area contributed by atoms with E-state index < -0.39 is 0 Å². The first-order valence-corrected chi connectivity index (χ1v) is 6.95. The Morgan fingerprint density at radius 3 is 2.26 bits per heavy atom. The number of benzene rings is 1. The van der Waals surface area contributed by atoms with Crippen molar-refractivity contribution in [3.05, 3.63) is 66.0 Å². The third-order valence-corrected chi connectivity index (χ3v) is 3.36. The molecule has 0 aliphatic rings. The first-order valence-electron chi connectivity index (χ1n) is 6.95. The Morgan fingerprint density at radius 1 is 0.842 bits per heavy atom. The smallest absolute Gasteiger partial charge is 0.0543 e. The third kappa shape index (κ3) is 5.23. The second kappa shape index (κ2) is 7.70. The Hall–Kier alpha value is -1.67. The van der Waals surface area contributed by atoms with Gasteiger partial charge in [-0.25, -0.2) is 0 Å². The maximum atomic E-state index is 9.97. The fourth-order valence-electron chi connectivity index (χ4n) is 2.21. The van der Waals surface area contributed by atoms with E-state index in [0.29, 0.717) is 0 Å². The summed E-state index contributed by atoms with van der Waals surface area (Å²) in [4.78, 5) is 3.99. The van der Waals surface area contributed by atoms with Gasteiger partial charge in [0.05, 0.1) is 6.10 Å². The Morgan fingerprint density at radius 2 is 1.53 bits per heavy atom. The van der Waals surface area contributed by atoms with Gasteiger partial charge in [-0.1, -0.05) is 30.3 Å². The van der Waals surface area contributed by atoms with E-state index in [9.17, 15) is 5.11 Å². The first-order chi connectivity index (χ1) is 9.34. The molecule has 100 valence electrons. The average molecular weight is 255 g/mol. The maximum Gasteiger partial charge on any atom is 0.0543 e. The summed E-state index contributed by atoms with van der Waals surface area (Å²) in [7, 11) is 0. The maximum absolute atomic E-state index is 9.97. The van der Waals surface area contributed by atoms with E-state index in [1.54, 1.807) is 12.4 Å². The normalized spacial score (nSPS) is 12.3. The number of aryl methyl sites for hydroxylation is 2. The highest BCUT2D eigenvalue weighted by Gasteiger charge is 2.04. The van der Waals surface area contributed by atoms with Gasteiger partial charge in [0.15, 0.2) is 0 Å². The molecule has 0 radical (unpaired) electrons. The van der Waals surface area contributed by atoms with Gasteiger partial charge in [0.25, 0.3) is 0 Å². The molecule has 19 heavy (non-hydrogen) atoms. The molecular weight excluding hydrogens is 234 g/mol. The number of aliphatic hydroxyl groups excluding tert-OH is 1.